The van der Waals surface area contributed by atoms with Gasteiger partial charge in [-0.15, -0.1) is 0 Å². The first-order valence-electron chi connectivity index (χ1n) is 6.95. The lowest BCUT2D eigenvalue weighted by Gasteiger charge is -2.21. The normalized spacial score (nSPS) is 16.0. The second-order valence-electron chi connectivity index (χ2n) is 5.30. The molecule has 108 valence electrons. The van der Waals surface area contributed by atoms with E-state index in [1.54, 1.807) is 30.0 Å². The quantitative estimate of drug-likeness (QED) is 0.817. The summed E-state index contributed by atoms with van der Waals surface area (Å²) in [5.41, 5.74) is 7.77. The maximum Gasteiger partial charge on any atom is 0.251 e. The van der Waals surface area contributed by atoms with Gasteiger partial charge in [0.15, 0.2) is 0 Å². The number of hydrogen-bond donors (Lipinski definition) is 2. The number of carbonyl (C=O) groups excluding carboxylic acids is 2. The molecular formula is C15H21N3O2. The number of amides is 2. The molecule has 1 aromatic carbocycles. The average molecular weight is 275 g/mol. The third kappa shape index (κ3) is 3.10. The van der Waals surface area contributed by atoms with Crippen molar-refractivity contribution in [2.75, 3.05) is 18.8 Å². The minimum Gasteiger partial charge on any atom is -0.399 e. The van der Waals surface area contributed by atoms with E-state index in [-0.39, 0.29) is 11.8 Å². The van der Waals surface area contributed by atoms with Gasteiger partial charge in [-0.1, -0.05) is 0 Å². The highest BCUT2D eigenvalue weighted by Crippen LogP contribution is 2.13. The molecule has 1 unspecified atom stereocenters. The fourth-order valence-corrected chi connectivity index (χ4v) is 2.37. The van der Waals surface area contributed by atoms with Gasteiger partial charge < -0.3 is 16.0 Å². The highest BCUT2D eigenvalue weighted by atomic mass is 16.2. The van der Waals surface area contributed by atoms with E-state index in [0.717, 1.165) is 31.5 Å². The summed E-state index contributed by atoms with van der Waals surface area (Å²) in [7, 11) is 0. The van der Waals surface area contributed by atoms with E-state index < -0.39 is 6.04 Å². The predicted molar refractivity (Wildman–Crippen MR) is 78.3 cm³/mol. The Balaban J connectivity index is 1.99. The van der Waals surface area contributed by atoms with Crippen molar-refractivity contribution in [2.24, 2.45) is 0 Å². The third-order valence-corrected chi connectivity index (χ3v) is 3.67. The molecule has 1 fully saturated rings. The highest BCUT2D eigenvalue weighted by Gasteiger charge is 2.24. The summed E-state index contributed by atoms with van der Waals surface area (Å²) in [4.78, 5) is 26.0. The van der Waals surface area contributed by atoms with Gasteiger partial charge in [-0.05, 0) is 50.5 Å². The van der Waals surface area contributed by atoms with Crippen molar-refractivity contribution in [3.8, 4) is 0 Å². The summed E-state index contributed by atoms with van der Waals surface area (Å²) in [6, 6.07) is 4.61. The number of nitrogens with two attached hydrogens (primary N) is 1. The van der Waals surface area contributed by atoms with Gasteiger partial charge in [-0.25, -0.2) is 0 Å². The Bertz CT molecular complexity index is 522. The Morgan fingerprint density at radius 3 is 2.55 bits per heavy atom. The molecule has 0 saturated carbocycles. The standard InChI is InChI=1S/C15H21N3O2/c1-10-9-12(5-6-13(10)16)14(19)17-11(2)15(20)18-7-3-4-8-18/h5-6,9,11H,3-4,7-8,16H2,1-2H3,(H,17,19). The third-order valence-electron chi connectivity index (χ3n) is 3.67. The molecule has 0 radical (unpaired) electrons. The summed E-state index contributed by atoms with van der Waals surface area (Å²) in [5, 5.41) is 2.75. The molecule has 2 amide bonds. The van der Waals surface area contributed by atoms with Gasteiger partial charge in [-0.3, -0.25) is 9.59 Å². The van der Waals surface area contributed by atoms with Crippen LogP contribution in [0.1, 0.15) is 35.7 Å². The highest BCUT2D eigenvalue weighted by molar-refractivity contribution is 5.97. The van der Waals surface area contributed by atoms with E-state index in [0.29, 0.717) is 11.3 Å². The number of benzene rings is 1. The van der Waals surface area contributed by atoms with Crippen molar-refractivity contribution < 1.29 is 9.59 Å². The van der Waals surface area contributed by atoms with Crippen LogP contribution in [0.15, 0.2) is 18.2 Å². The Morgan fingerprint density at radius 2 is 1.95 bits per heavy atom. The Labute approximate surface area is 119 Å². The van der Waals surface area contributed by atoms with Gasteiger partial charge in [0.2, 0.25) is 5.91 Å². The lowest BCUT2D eigenvalue weighted by molar-refractivity contribution is -0.131. The molecule has 1 heterocycles. The largest absolute Gasteiger partial charge is 0.399 e. The molecule has 0 aliphatic carbocycles. The number of nitrogens with one attached hydrogen (secondary N) is 1. The topological polar surface area (TPSA) is 75.4 Å². The van der Waals surface area contributed by atoms with Gasteiger partial charge >= 0.3 is 0 Å². The van der Waals surface area contributed by atoms with Gasteiger partial charge in [-0.2, -0.15) is 0 Å². The summed E-state index contributed by atoms with van der Waals surface area (Å²) < 4.78 is 0. The summed E-state index contributed by atoms with van der Waals surface area (Å²) in [6.07, 6.45) is 2.09. The van der Waals surface area contributed by atoms with E-state index in [2.05, 4.69) is 5.32 Å². The zero-order valence-corrected chi connectivity index (χ0v) is 12.0. The van der Waals surface area contributed by atoms with Crippen LogP contribution >= 0.6 is 0 Å². The second kappa shape index (κ2) is 5.94. The molecule has 20 heavy (non-hydrogen) atoms. The monoisotopic (exact) mass is 275 g/mol. The number of hydrogen-bond acceptors (Lipinski definition) is 3. The van der Waals surface area contributed by atoms with Crippen LogP contribution in [-0.4, -0.2) is 35.8 Å². The molecule has 1 aromatic rings. The Hall–Kier alpha value is -2.04. The molecule has 1 saturated heterocycles. The molecule has 5 nitrogen and oxygen atoms in total. The molecule has 3 N–H and O–H groups in total. The first kappa shape index (κ1) is 14.4. The maximum absolute atomic E-state index is 12.1. The predicted octanol–water partition coefficient (Wildman–Crippen LogP) is 1.32. The summed E-state index contributed by atoms with van der Waals surface area (Å²) in [5.74, 6) is -0.254. The van der Waals surface area contributed by atoms with Crippen LogP contribution < -0.4 is 11.1 Å². The first-order valence-corrected chi connectivity index (χ1v) is 6.95. The van der Waals surface area contributed by atoms with Crippen molar-refractivity contribution in [1.82, 2.24) is 10.2 Å². The van der Waals surface area contributed by atoms with Crippen molar-refractivity contribution in [3.05, 3.63) is 29.3 Å². The van der Waals surface area contributed by atoms with Crippen LogP contribution in [0.3, 0.4) is 0 Å². The van der Waals surface area contributed by atoms with E-state index in [1.807, 2.05) is 6.92 Å². The average Bonchev–Trinajstić information content (AvgIpc) is 2.94. The molecular weight excluding hydrogens is 254 g/mol. The zero-order chi connectivity index (χ0) is 14.7. The number of aryl methyl sites for hydroxylation is 1. The number of nitrogen functional groups attached to an aromatic ring is 1. The van der Waals surface area contributed by atoms with Crippen molar-refractivity contribution in [2.45, 2.75) is 32.7 Å². The summed E-state index contributed by atoms with van der Waals surface area (Å²) in [6.45, 7) is 5.16. The molecule has 5 heteroatoms. The number of carbonyl (C=O) groups is 2. The fourth-order valence-electron chi connectivity index (χ4n) is 2.37. The molecule has 1 aliphatic rings. The van der Waals surface area contributed by atoms with Crippen molar-refractivity contribution in [3.63, 3.8) is 0 Å². The van der Waals surface area contributed by atoms with Gasteiger partial charge in [0, 0.05) is 24.3 Å². The van der Waals surface area contributed by atoms with Gasteiger partial charge in [0.1, 0.15) is 6.04 Å². The Kier molecular flexibility index (Phi) is 4.27. The molecule has 0 spiro atoms. The Morgan fingerprint density at radius 1 is 1.30 bits per heavy atom. The maximum atomic E-state index is 12.1. The fraction of sp³-hybridized carbons (Fsp3) is 0.467. The van der Waals surface area contributed by atoms with Crippen molar-refractivity contribution in [1.29, 1.82) is 0 Å². The molecule has 0 aromatic heterocycles. The number of anilines is 1. The van der Waals surface area contributed by atoms with Crippen LogP contribution in [-0.2, 0) is 4.79 Å². The number of likely N-dealkylation sites (tertiary alicyclic amines) is 1. The van der Waals surface area contributed by atoms with Crippen LogP contribution in [0.2, 0.25) is 0 Å². The summed E-state index contributed by atoms with van der Waals surface area (Å²) >= 11 is 0. The number of nitrogens with zero attached hydrogens (tertiary/aromatic N) is 1. The van der Waals surface area contributed by atoms with Crippen molar-refractivity contribution >= 4 is 17.5 Å². The molecule has 2 rings (SSSR count). The van der Waals surface area contributed by atoms with Crippen LogP contribution in [0.25, 0.3) is 0 Å². The minimum atomic E-state index is -0.501. The second-order valence-corrected chi connectivity index (χ2v) is 5.30. The van der Waals surface area contributed by atoms with E-state index in [1.165, 1.54) is 0 Å². The first-order chi connectivity index (χ1) is 9.49. The smallest absolute Gasteiger partial charge is 0.251 e. The van der Waals surface area contributed by atoms with E-state index in [4.69, 9.17) is 5.73 Å². The van der Waals surface area contributed by atoms with Gasteiger partial charge in [0.05, 0.1) is 0 Å². The van der Waals surface area contributed by atoms with Gasteiger partial charge in [0.25, 0.3) is 5.91 Å². The lowest BCUT2D eigenvalue weighted by Crippen LogP contribution is -2.45. The zero-order valence-electron chi connectivity index (χ0n) is 12.0. The minimum absolute atomic E-state index is 0.0111. The molecule has 0 bridgehead atoms. The lowest BCUT2D eigenvalue weighted by atomic mass is 10.1. The van der Waals surface area contributed by atoms with E-state index >= 15 is 0 Å². The molecule has 1 atom stereocenters. The van der Waals surface area contributed by atoms with Crippen LogP contribution in [0.5, 0.6) is 0 Å². The van der Waals surface area contributed by atoms with Crippen LogP contribution in [0, 0.1) is 6.92 Å². The SMILES string of the molecule is Cc1cc(C(=O)NC(C)C(=O)N2CCCC2)ccc1N. The van der Waals surface area contributed by atoms with E-state index in [9.17, 15) is 9.59 Å². The van der Waals surface area contributed by atoms with Crippen LogP contribution in [0.4, 0.5) is 5.69 Å². The molecule has 1 aliphatic heterocycles. The number of rotatable bonds is 3.